The number of nitrogens with one attached hydrogen (secondary N) is 4. The van der Waals surface area contributed by atoms with Gasteiger partial charge in [-0.2, -0.15) is 0 Å². The van der Waals surface area contributed by atoms with Crippen molar-refractivity contribution in [2.24, 2.45) is 4.99 Å². The fourth-order valence-corrected chi connectivity index (χ4v) is 3.12. The van der Waals surface area contributed by atoms with Gasteiger partial charge in [-0.3, -0.25) is 4.99 Å². The van der Waals surface area contributed by atoms with Gasteiger partial charge >= 0.3 is 0 Å². The maximum atomic E-state index is 13.5. The molecule has 2 aromatic carbocycles. The minimum absolute atomic E-state index is 0. The predicted molar refractivity (Wildman–Crippen MR) is 132 cm³/mol. The van der Waals surface area contributed by atoms with Crippen LogP contribution in [-0.4, -0.2) is 44.8 Å². The molecule has 0 radical (unpaired) electrons. The summed E-state index contributed by atoms with van der Waals surface area (Å²) in [6, 6.07) is 13.1. The van der Waals surface area contributed by atoms with E-state index in [1.54, 1.807) is 26.3 Å². The average molecular weight is 525 g/mol. The van der Waals surface area contributed by atoms with Crippen LogP contribution in [-0.2, 0) is 17.7 Å². The lowest BCUT2D eigenvalue weighted by molar-refractivity contribution is 0.211. The molecule has 4 N–H and O–H groups in total. The van der Waals surface area contributed by atoms with Crippen molar-refractivity contribution in [3.05, 3.63) is 65.6 Å². The summed E-state index contributed by atoms with van der Waals surface area (Å²) in [5.74, 6) is 0.516. The van der Waals surface area contributed by atoms with Crippen LogP contribution in [0.4, 0.5) is 10.1 Å². The molecular weight excluding hydrogens is 496 g/mol. The van der Waals surface area contributed by atoms with Crippen LogP contribution in [0.3, 0.4) is 0 Å². The van der Waals surface area contributed by atoms with E-state index in [1.807, 2.05) is 6.20 Å². The number of hydrogen-bond acceptors (Lipinski definition) is 3. The van der Waals surface area contributed by atoms with E-state index in [1.165, 1.54) is 6.07 Å². The van der Waals surface area contributed by atoms with E-state index >= 15 is 0 Å². The Hall–Kier alpha value is -2.33. The second-order valence-corrected chi connectivity index (χ2v) is 6.72. The van der Waals surface area contributed by atoms with Crippen LogP contribution in [0.1, 0.15) is 11.1 Å². The van der Waals surface area contributed by atoms with E-state index in [0.29, 0.717) is 19.7 Å². The summed E-state index contributed by atoms with van der Waals surface area (Å²) in [5, 5.41) is 10.8. The highest BCUT2D eigenvalue weighted by atomic mass is 127. The van der Waals surface area contributed by atoms with Gasteiger partial charge in [-0.1, -0.05) is 12.1 Å². The second kappa shape index (κ2) is 12.4. The van der Waals surface area contributed by atoms with Gasteiger partial charge in [0, 0.05) is 56.6 Å². The molecular formula is C22H29FIN5O. The molecule has 6 nitrogen and oxygen atoms in total. The molecule has 0 amide bonds. The molecule has 0 aliphatic rings. The number of rotatable bonds is 9. The first kappa shape index (κ1) is 23.9. The maximum Gasteiger partial charge on any atom is 0.191 e. The molecule has 0 bridgehead atoms. The number of nitrogens with zero attached hydrogens (tertiary/aromatic N) is 1. The summed E-state index contributed by atoms with van der Waals surface area (Å²) in [6.45, 7) is 2.84. The van der Waals surface area contributed by atoms with E-state index in [4.69, 9.17) is 4.74 Å². The topological polar surface area (TPSA) is 73.5 Å². The lowest BCUT2D eigenvalue weighted by atomic mass is 10.1. The Balaban J connectivity index is 0.00000320. The molecule has 0 unspecified atom stereocenters. The molecule has 0 fully saturated rings. The summed E-state index contributed by atoms with van der Waals surface area (Å²) in [6.07, 6.45) is 2.70. The fraction of sp³-hybridized carbons (Fsp3) is 0.318. The van der Waals surface area contributed by atoms with Gasteiger partial charge in [-0.25, -0.2) is 4.39 Å². The van der Waals surface area contributed by atoms with Crippen molar-refractivity contribution < 1.29 is 9.13 Å². The van der Waals surface area contributed by atoms with Crippen LogP contribution in [0.5, 0.6) is 0 Å². The van der Waals surface area contributed by atoms with Crippen LogP contribution in [0.25, 0.3) is 10.9 Å². The molecule has 3 aromatic rings. The molecule has 1 heterocycles. The molecule has 30 heavy (non-hydrogen) atoms. The van der Waals surface area contributed by atoms with Crippen LogP contribution in [0.2, 0.25) is 0 Å². The standard InChI is InChI=1S/C22H28FN5O.HI/c1-24-22(28-14-16-3-6-19(7-4-16)25-11-12-29-2)26-10-9-17-15-27-21-8-5-18(23)13-20(17)21;/h3-8,13,15,25,27H,9-12,14H2,1-2H3,(H2,24,26,28);1H. The fourth-order valence-electron chi connectivity index (χ4n) is 3.12. The molecule has 162 valence electrons. The van der Waals surface area contributed by atoms with Crippen molar-refractivity contribution in [3.63, 3.8) is 0 Å². The number of aromatic amines is 1. The minimum atomic E-state index is -0.219. The Morgan fingerprint density at radius 3 is 2.63 bits per heavy atom. The summed E-state index contributed by atoms with van der Waals surface area (Å²) in [5.41, 5.74) is 4.27. The molecule has 0 spiro atoms. The number of methoxy groups -OCH3 is 1. The van der Waals surface area contributed by atoms with E-state index < -0.39 is 0 Å². The van der Waals surface area contributed by atoms with Gasteiger partial charge in [0.05, 0.1) is 6.61 Å². The van der Waals surface area contributed by atoms with Gasteiger partial charge in [0.2, 0.25) is 0 Å². The monoisotopic (exact) mass is 525 g/mol. The summed E-state index contributed by atoms with van der Waals surface area (Å²) in [7, 11) is 3.44. The Labute approximate surface area is 193 Å². The van der Waals surface area contributed by atoms with Crippen molar-refractivity contribution >= 4 is 46.5 Å². The third-order valence-electron chi connectivity index (χ3n) is 4.69. The largest absolute Gasteiger partial charge is 0.383 e. The number of benzene rings is 2. The van der Waals surface area contributed by atoms with Crippen LogP contribution < -0.4 is 16.0 Å². The molecule has 0 atom stereocenters. The Morgan fingerprint density at radius 2 is 1.90 bits per heavy atom. The lowest BCUT2D eigenvalue weighted by Crippen LogP contribution is -2.37. The Bertz CT molecular complexity index is 942. The highest BCUT2D eigenvalue weighted by molar-refractivity contribution is 14.0. The quantitative estimate of drug-likeness (QED) is 0.148. The molecule has 8 heteroatoms. The number of H-pyrrole nitrogens is 1. The first-order valence-electron chi connectivity index (χ1n) is 9.71. The molecule has 0 saturated heterocycles. The third-order valence-corrected chi connectivity index (χ3v) is 4.69. The highest BCUT2D eigenvalue weighted by Crippen LogP contribution is 2.19. The van der Waals surface area contributed by atoms with Gasteiger partial charge in [-0.05, 0) is 47.9 Å². The summed E-state index contributed by atoms with van der Waals surface area (Å²) in [4.78, 5) is 7.45. The number of aromatic nitrogens is 1. The number of halogens is 2. The zero-order valence-corrected chi connectivity index (χ0v) is 19.6. The van der Waals surface area contributed by atoms with Crippen LogP contribution >= 0.6 is 24.0 Å². The van der Waals surface area contributed by atoms with Gasteiger partial charge in [0.15, 0.2) is 5.96 Å². The van der Waals surface area contributed by atoms with E-state index in [0.717, 1.165) is 46.6 Å². The maximum absolute atomic E-state index is 13.5. The molecule has 3 rings (SSSR count). The van der Waals surface area contributed by atoms with E-state index in [2.05, 4.69) is 50.2 Å². The second-order valence-electron chi connectivity index (χ2n) is 6.72. The van der Waals surface area contributed by atoms with E-state index in [-0.39, 0.29) is 29.8 Å². The molecule has 0 aliphatic carbocycles. The normalized spacial score (nSPS) is 11.2. The number of guanidine groups is 1. The summed E-state index contributed by atoms with van der Waals surface area (Å²) < 4.78 is 18.5. The van der Waals surface area contributed by atoms with Gasteiger partial charge in [0.25, 0.3) is 0 Å². The minimum Gasteiger partial charge on any atom is -0.383 e. The molecule has 1 aromatic heterocycles. The molecule has 0 saturated carbocycles. The van der Waals surface area contributed by atoms with Crippen LogP contribution in [0, 0.1) is 5.82 Å². The van der Waals surface area contributed by atoms with Crippen molar-refractivity contribution in [2.75, 3.05) is 39.2 Å². The summed E-state index contributed by atoms with van der Waals surface area (Å²) >= 11 is 0. The van der Waals surface area contributed by atoms with E-state index in [9.17, 15) is 4.39 Å². The lowest BCUT2D eigenvalue weighted by Gasteiger charge is -2.12. The van der Waals surface area contributed by atoms with Gasteiger partial charge in [0.1, 0.15) is 5.82 Å². The Morgan fingerprint density at radius 1 is 1.10 bits per heavy atom. The number of anilines is 1. The van der Waals surface area contributed by atoms with Crippen molar-refractivity contribution in [1.29, 1.82) is 0 Å². The SMILES string of the molecule is CN=C(NCCc1c[nH]c2ccc(F)cc12)NCc1ccc(NCCOC)cc1.I. The van der Waals surface area contributed by atoms with Gasteiger partial charge in [-0.15, -0.1) is 24.0 Å². The number of fused-ring (bicyclic) bond motifs is 1. The zero-order chi connectivity index (χ0) is 20.5. The van der Waals surface area contributed by atoms with Crippen molar-refractivity contribution in [1.82, 2.24) is 15.6 Å². The first-order chi connectivity index (χ1) is 14.2. The Kier molecular flexibility index (Phi) is 9.88. The smallest absolute Gasteiger partial charge is 0.191 e. The van der Waals surface area contributed by atoms with Gasteiger partial charge < -0.3 is 25.7 Å². The number of hydrogen-bond donors (Lipinski definition) is 4. The number of ether oxygens (including phenoxy) is 1. The highest BCUT2D eigenvalue weighted by Gasteiger charge is 2.05. The predicted octanol–water partition coefficient (Wildman–Crippen LogP) is 3.89. The van der Waals surface area contributed by atoms with Crippen LogP contribution in [0.15, 0.2) is 53.7 Å². The zero-order valence-electron chi connectivity index (χ0n) is 17.3. The van der Waals surface area contributed by atoms with Crippen molar-refractivity contribution in [3.8, 4) is 0 Å². The third kappa shape index (κ3) is 6.88. The number of aliphatic imine (C=N–C) groups is 1. The average Bonchev–Trinajstić information content (AvgIpc) is 3.13. The first-order valence-corrected chi connectivity index (χ1v) is 9.71. The van der Waals surface area contributed by atoms with Crippen molar-refractivity contribution in [2.45, 2.75) is 13.0 Å². The molecule has 0 aliphatic heterocycles.